The quantitative estimate of drug-likeness (QED) is 0.885. The van der Waals surface area contributed by atoms with Gasteiger partial charge < -0.3 is 5.32 Å². The third-order valence-electron chi connectivity index (χ3n) is 3.62. The molecule has 0 aliphatic carbocycles. The summed E-state index contributed by atoms with van der Waals surface area (Å²) in [7, 11) is 0. The second-order valence-corrected chi connectivity index (χ2v) is 6.29. The van der Waals surface area contributed by atoms with Crippen LogP contribution in [0.5, 0.6) is 0 Å². The van der Waals surface area contributed by atoms with Crippen molar-refractivity contribution >= 4 is 11.3 Å². The molecule has 1 aliphatic rings. The van der Waals surface area contributed by atoms with Gasteiger partial charge in [0, 0.05) is 31.7 Å². The number of thiophene rings is 1. The Morgan fingerprint density at radius 1 is 1.47 bits per heavy atom. The van der Waals surface area contributed by atoms with Crippen LogP contribution in [-0.2, 0) is 0 Å². The summed E-state index contributed by atoms with van der Waals surface area (Å²) >= 11 is 1.80. The molecule has 17 heavy (non-hydrogen) atoms. The zero-order valence-corrected chi connectivity index (χ0v) is 12.0. The topological polar surface area (TPSA) is 15.3 Å². The van der Waals surface area contributed by atoms with Crippen LogP contribution in [0.1, 0.15) is 38.8 Å². The van der Waals surface area contributed by atoms with E-state index in [1.165, 1.54) is 25.1 Å². The molecule has 1 saturated heterocycles. The van der Waals surface area contributed by atoms with E-state index in [9.17, 15) is 0 Å². The average Bonchev–Trinajstić information content (AvgIpc) is 2.81. The first kappa shape index (κ1) is 13.1. The molecule has 1 aromatic heterocycles. The van der Waals surface area contributed by atoms with Gasteiger partial charge in [-0.2, -0.15) is 11.3 Å². The molecule has 1 fully saturated rings. The van der Waals surface area contributed by atoms with Crippen molar-refractivity contribution in [3.05, 3.63) is 22.4 Å². The summed E-state index contributed by atoms with van der Waals surface area (Å²) in [6.07, 6.45) is 1.28. The molecule has 1 aliphatic heterocycles. The molecule has 2 unspecified atom stereocenters. The summed E-state index contributed by atoms with van der Waals surface area (Å²) in [5.41, 5.74) is 1.47. The molecule has 2 atom stereocenters. The lowest BCUT2D eigenvalue weighted by atomic mass is 10.0. The molecule has 0 aromatic carbocycles. The largest absolute Gasteiger partial charge is 0.311 e. The fourth-order valence-electron chi connectivity index (χ4n) is 2.65. The Balaban J connectivity index is 1.92. The van der Waals surface area contributed by atoms with Gasteiger partial charge in [-0.05, 0) is 41.7 Å². The highest BCUT2D eigenvalue weighted by Crippen LogP contribution is 2.24. The van der Waals surface area contributed by atoms with E-state index >= 15 is 0 Å². The highest BCUT2D eigenvalue weighted by atomic mass is 32.1. The molecule has 0 spiro atoms. The minimum absolute atomic E-state index is 0.568. The Bertz CT molecular complexity index is 321. The van der Waals surface area contributed by atoms with Crippen LogP contribution in [0.2, 0.25) is 0 Å². The van der Waals surface area contributed by atoms with Gasteiger partial charge in [0.05, 0.1) is 0 Å². The van der Waals surface area contributed by atoms with Gasteiger partial charge in [-0.25, -0.2) is 0 Å². The number of rotatable bonds is 4. The SMILES string of the molecule is CC(C)CC1CN(C(C)c2ccsc2)CCN1. The molecule has 2 rings (SSSR count). The van der Waals surface area contributed by atoms with Crippen LogP contribution >= 0.6 is 11.3 Å². The highest BCUT2D eigenvalue weighted by molar-refractivity contribution is 7.07. The Hall–Kier alpha value is -0.380. The first-order valence-electron chi connectivity index (χ1n) is 6.66. The lowest BCUT2D eigenvalue weighted by molar-refractivity contribution is 0.144. The average molecular weight is 252 g/mol. The number of nitrogens with zero attached hydrogens (tertiary/aromatic N) is 1. The molecule has 3 heteroatoms. The van der Waals surface area contributed by atoms with E-state index < -0.39 is 0 Å². The van der Waals surface area contributed by atoms with Crippen molar-refractivity contribution in [2.75, 3.05) is 19.6 Å². The predicted molar refractivity (Wildman–Crippen MR) is 75.6 cm³/mol. The maximum absolute atomic E-state index is 3.64. The van der Waals surface area contributed by atoms with E-state index in [1.807, 2.05) is 0 Å². The summed E-state index contributed by atoms with van der Waals surface area (Å²) in [6, 6.07) is 3.50. The lowest BCUT2D eigenvalue weighted by Crippen LogP contribution is -2.51. The van der Waals surface area contributed by atoms with Crippen molar-refractivity contribution in [3.8, 4) is 0 Å². The molecule has 1 N–H and O–H groups in total. The van der Waals surface area contributed by atoms with Crippen molar-refractivity contribution in [3.63, 3.8) is 0 Å². The summed E-state index contributed by atoms with van der Waals surface area (Å²) in [5.74, 6) is 0.781. The van der Waals surface area contributed by atoms with E-state index in [2.05, 4.69) is 47.8 Å². The molecule has 2 nitrogen and oxygen atoms in total. The monoisotopic (exact) mass is 252 g/mol. The Kier molecular flexibility index (Phi) is 4.60. The second-order valence-electron chi connectivity index (χ2n) is 5.51. The van der Waals surface area contributed by atoms with Gasteiger partial charge in [-0.1, -0.05) is 13.8 Å². The van der Waals surface area contributed by atoms with Crippen LogP contribution in [0.3, 0.4) is 0 Å². The number of hydrogen-bond acceptors (Lipinski definition) is 3. The normalized spacial score (nSPS) is 24.1. The molecule has 2 heterocycles. The lowest BCUT2D eigenvalue weighted by Gasteiger charge is -2.38. The van der Waals surface area contributed by atoms with Gasteiger partial charge in [0.15, 0.2) is 0 Å². The fourth-order valence-corrected chi connectivity index (χ4v) is 3.40. The maximum atomic E-state index is 3.64. The van der Waals surface area contributed by atoms with Crippen molar-refractivity contribution < 1.29 is 0 Å². The molecule has 0 saturated carbocycles. The minimum Gasteiger partial charge on any atom is -0.311 e. The van der Waals surface area contributed by atoms with E-state index in [0.29, 0.717) is 12.1 Å². The van der Waals surface area contributed by atoms with Crippen molar-refractivity contribution in [2.45, 2.75) is 39.3 Å². The van der Waals surface area contributed by atoms with Crippen molar-refractivity contribution in [1.82, 2.24) is 10.2 Å². The molecule has 1 aromatic rings. The van der Waals surface area contributed by atoms with Crippen LogP contribution in [-0.4, -0.2) is 30.6 Å². The molecular formula is C14H24N2S. The van der Waals surface area contributed by atoms with Gasteiger partial charge in [0.1, 0.15) is 0 Å². The van der Waals surface area contributed by atoms with Crippen LogP contribution in [0, 0.1) is 5.92 Å². The first-order chi connectivity index (χ1) is 8.16. The molecule has 0 radical (unpaired) electrons. The third kappa shape index (κ3) is 3.54. The third-order valence-corrected chi connectivity index (χ3v) is 4.32. The standard InChI is InChI=1S/C14H24N2S/c1-11(2)8-14-9-16(6-5-15-14)12(3)13-4-7-17-10-13/h4,7,10-12,14-15H,5-6,8-9H2,1-3H3. The zero-order valence-electron chi connectivity index (χ0n) is 11.1. The van der Waals surface area contributed by atoms with Gasteiger partial charge >= 0.3 is 0 Å². The summed E-state index contributed by atoms with van der Waals surface area (Å²) < 4.78 is 0. The summed E-state index contributed by atoms with van der Waals surface area (Å²) in [5, 5.41) is 8.10. The van der Waals surface area contributed by atoms with Crippen LogP contribution in [0.25, 0.3) is 0 Å². The number of piperazine rings is 1. The second kappa shape index (κ2) is 5.98. The smallest absolute Gasteiger partial charge is 0.0329 e. The maximum Gasteiger partial charge on any atom is 0.0329 e. The molecule has 96 valence electrons. The molecule has 0 bridgehead atoms. The van der Waals surface area contributed by atoms with Gasteiger partial charge in [0.25, 0.3) is 0 Å². The van der Waals surface area contributed by atoms with Gasteiger partial charge in [-0.15, -0.1) is 0 Å². The summed E-state index contributed by atoms with van der Waals surface area (Å²) in [6.45, 7) is 10.4. The molecule has 0 amide bonds. The van der Waals surface area contributed by atoms with Gasteiger partial charge in [0.2, 0.25) is 0 Å². The Morgan fingerprint density at radius 3 is 2.94 bits per heavy atom. The number of hydrogen-bond donors (Lipinski definition) is 1. The predicted octanol–water partition coefficient (Wildman–Crippen LogP) is 3.13. The van der Waals surface area contributed by atoms with Crippen LogP contribution < -0.4 is 5.32 Å². The van der Waals surface area contributed by atoms with Crippen LogP contribution in [0.15, 0.2) is 16.8 Å². The van der Waals surface area contributed by atoms with E-state index in [-0.39, 0.29) is 0 Å². The van der Waals surface area contributed by atoms with E-state index in [1.54, 1.807) is 11.3 Å². The van der Waals surface area contributed by atoms with Crippen molar-refractivity contribution in [1.29, 1.82) is 0 Å². The highest BCUT2D eigenvalue weighted by Gasteiger charge is 2.24. The molecular weight excluding hydrogens is 228 g/mol. The first-order valence-corrected chi connectivity index (χ1v) is 7.60. The Labute approximate surface area is 109 Å². The van der Waals surface area contributed by atoms with Gasteiger partial charge in [-0.3, -0.25) is 4.90 Å². The zero-order chi connectivity index (χ0) is 12.3. The van der Waals surface area contributed by atoms with Crippen LogP contribution in [0.4, 0.5) is 0 Å². The minimum atomic E-state index is 0.568. The Morgan fingerprint density at radius 2 is 2.29 bits per heavy atom. The van der Waals surface area contributed by atoms with Crippen molar-refractivity contribution in [2.24, 2.45) is 5.92 Å². The van der Waals surface area contributed by atoms with E-state index in [4.69, 9.17) is 0 Å². The fraction of sp³-hybridized carbons (Fsp3) is 0.714. The summed E-state index contributed by atoms with van der Waals surface area (Å²) in [4.78, 5) is 2.62. The van der Waals surface area contributed by atoms with E-state index in [0.717, 1.165) is 12.5 Å². The number of nitrogens with one attached hydrogen (secondary N) is 1.